The number of rotatable bonds is 3. The summed E-state index contributed by atoms with van der Waals surface area (Å²) in [6, 6.07) is 12.5. The second-order valence-corrected chi connectivity index (χ2v) is 6.29. The van der Waals surface area contributed by atoms with Crippen molar-refractivity contribution >= 4 is 23.1 Å². The highest BCUT2D eigenvalue weighted by molar-refractivity contribution is 7.10. The molecule has 0 bridgehead atoms. The number of carbonyl (C=O) groups excluding carboxylic acids is 1. The summed E-state index contributed by atoms with van der Waals surface area (Å²) >= 11 is 1.73. The molecular weight excluding hydrogens is 280 g/mol. The van der Waals surface area contributed by atoms with Gasteiger partial charge in [0.25, 0.3) is 0 Å². The molecule has 1 aromatic carbocycles. The normalized spacial score (nSPS) is 18.0. The number of hydrogen-bond donors (Lipinski definition) is 1. The molecule has 1 aliphatic heterocycles. The van der Waals surface area contributed by atoms with E-state index in [4.69, 9.17) is 0 Å². The lowest BCUT2D eigenvalue weighted by molar-refractivity contribution is 0.208. The number of hydrogen-bond acceptors (Lipinski definition) is 2. The highest BCUT2D eigenvalue weighted by atomic mass is 32.1. The lowest BCUT2D eigenvalue weighted by atomic mass is 10.1. The van der Waals surface area contributed by atoms with E-state index in [0.717, 1.165) is 31.5 Å². The number of carbonyl (C=O) groups is 1. The lowest BCUT2D eigenvalue weighted by Crippen LogP contribution is -2.34. The molecule has 0 radical (unpaired) electrons. The highest BCUT2D eigenvalue weighted by Crippen LogP contribution is 2.34. The van der Waals surface area contributed by atoms with E-state index in [1.54, 1.807) is 11.3 Å². The number of benzene rings is 1. The highest BCUT2D eigenvalue weighted by Gasteiger charge is 2.30. The molecule has 1 N–H and O–H groups in total. The van der Waals surface area contributed by atoms with Gasteiger partial charge in [-0.05, 0) is 42.3 Å². The van der Waals surface area contributed by atoms with Crippen molar-refractivity contribution in [2.45, 2.75) is 32.2 Å². The Kier molecular flexibility index (Phi) is 4.25. The number of urea groups is 1. The second-order valence-electron chi connectivity index (χ2n) is 5.31. The Labute approximate surface area is 129 Å². The minimum Gasteiger partial charge on any atom is -0.317 e. The minimum absolute atomic E-state index is 0.0202. The molecule has 1 saturated heterocycles. The molecule has 1 atom stereocenters. The lowest BCUT2D eigenvalue weighted by Gasteiger charge is -2.24. The number of amides is 2. The third-order valence-corrected chi connectivity index (χ3v) is 5.00. The molecular formula is C17H20N2OS. The van der Waals surface area contributed by atoms with Gasteiger partial charge in [0, 0.05) is 17.1 Å². The molecule has 2 heterocycles. The predicted octanol–water partition coefficient (Wildman–Crippen LogP) is 4.68. The molecule has 1 fully saturated rings. The molecule has 1 aliphatic rings. The first-order valence-electron chi connectivity index (χ1n) is 7.48. The molecule has 0 aliphatic carbocycles. The minimum atomic E-state index is 0.0202. The van der Waals surface area contributed by atoms with Gasteiger partial charge < -0.3 is 10.2 Å². The van der Waals surface area contributed by atoms with E-state index in [9.17, 15) is 4.79 Å². The average molecular weight is 300 g/mol. The first-order chi connectivity index (χ1) is 10.3. The van der Waals surface area contributed by atoms with Crippen LogP contribution in [0, 0.1) is 0 Å². The Morgan fingerprint density at radius 1 is 1.33 bits per heavy atom. The van der Waals surface area contributed by atoms with E-state index < -0.39 is 0 Å². The van der Waals surface area contributed by atoms with Gasteiger partial charge in [0.15, 0.2) is 0 Å². The molecule has 0 saturated carbocycles. The SMILES string of the molecule is CCc1ccccc1NC(=O)N1CCC[C@H]1c1cccs1. The summed E-state index contributed by atoms with van der Waals surface area (Å²) in [5, 5.41) is 5.17. The summed E-state index contributed by atoms with van der Waals surface area (Å²) in [5.74, 6) is 0. The Morgan fingerprint density at radius 2 is 2.19 bits per heavy atom. The third kappa shape index (κ3) is 2.95. The smallest absolute Gasteiger partial charge is 0.317 e. The third-order valence-electron chi connectivity index (χ3n) is 4.03. The average Bonchev–Trinajstić information content (AvgIpc) is 3.18. The first kappa shape index (κ1) is 14.1. The van der Waals surface area contributed by atoms with Crippen LogP contribution in [-0.2, 0) is 6.42 Å². The number of likely N-dealkylation sites (tertiary alicyclic amines) is 1. The summed E-state index contributed by atoms with van der Waals surface area (Å²) < 4.78 is 0. The maximum Gasteiger partial charge on any atom is 0.322 e. The Balaban J connectivity index is 1.75. The van der Waals surface area contributed by atoms with Crippen molar-refractivity contribution in [1.29, 1.82) is 0 Å². The van der Waals surface area contributed by atoms with Crippen molar-refractivity contribution in [3.8, 4) is 0 Å². The van der Waals surface area contributed by atoms with Crippen LogP contribution in [0.5, 0.6) is 0 Å². The van der Waals surface area contributed by atoms with Crippen LogP contribution in [0.2, 0.25) is 0 Å². The van der Waals surface area contributed by atoms with Crippen molar-refractivity contribution in [1.82, 2.24) is 4.90 Å². The monoisotopic (exact) mass is 300 g/mol. The van der Waals surface area contributed by atoms with Crippen LogP contribution in [0.3, 0.4) is 0 Å². The molecule has 0 spiro atoms. The molecule has 3 nitrogen and oxygen atoms in total. The quantitative estimate of drug-likeness (QED) is 0.877. The largest absolute Gasteiger partial charge is 0.322 e. The molecule has 21 heavy (non-hydrogen) atoms. The Morgan fingerprint density at radius 3 is 2.95 bits per heavy atom. The second kappa shape index (κ2) is 6.31. The molecule has 4 heteroatoms. The van der Waals surface area contributed by atoms with Crippen molar-refractivity contribution in [2.75, 3.05) is 11.9 Å². The number of anilines is 1. The van der Waals surface area contributed by atoms with Gasteiger partial charge in [0.1, 0.15) is 0 Å². The van der Waals surface area contributed by atoms with Crippen LogP contribution in [-0.4, -0.2) is 17.5 Å². The van der Waals surface area contributed by atoms with Crippen LogP contribution in [0.1, 0.15) is 36.2 Å². The number of thiophene rings is 1. The van der Waals surface area contributed by atoms with Crippen LogP contribution in [0.15, 0.2) is 41.8 Å². The van der Waals surface area contributed by atoms with E-state index in [-0.39, 0.29) is 12.1 Å². The van der Waals surface area contributed by atoms with E-state index in [2.05, 4.69) is 35.8 Å². The zero-order chi connectivity index (χ0) is 14.7. The van der Waals surface area contributed by atoms with Gasteiger partial charge in [0.2, 0.25) is 0 Å². The fourth-order valence-corrected chi connectivity index (χ4v) is 3.80. The van der Waals surface area contributed by atoms with Crippen molar-refractivity contribution < 1.29 is 4.79 Å². The first-order valence-corrected chi connectivity index (χ1v) is 8.36. The fourth-order valence-electron chi connectivity index (χ4n) is 2.92. The summed E-state index contributed by atoms with van der Waals surface area (Å²) in [6.07, 6.45) is 3.06. The van der Waals surface area contributed by atoms with Gasteiger partial charge in [0.05, 0.1) is 6.04 Å². The van der Waals surface area contributed by atoms with Gasteiger partial charge in [-0.3, -0.25) is 0 Å². The molecule has 110 valence electrons. The van der Waals surface area contributed by atoms with E-state index in [1.165, 1.54) is 10.4 Å². The van der Waals surface area contributed by atoms with Gasteiger partial charge in [-0.15, -0.1) is 11.3 Å². The topological polar surface area (TPSA) is 32.3 Å². The summed E-state index contributed by atoms with van der Waals surface area (Å²) in [7, 11) is 0. The Bertz CT molecular complexity index is 609. The van der Waals surface area contributed by atoms with Gasteiger partial charge in [-0.25, -0.2) is 4.79 Å². The fraction of sp³-hybridized carbons (Fsp3) is 0.353. The van der Waals surface area contributed by atoms with E-state index in [1.807, 2.05) is 23.1 Å². The van der Waals surface area contributed by atoms with Crippen molar-refractivity contribution in [3.05, 3.63) is 52.2 Å². The maximum atomic E-state index is 12.6. The summed E-state index contributed by atoms with van der Waals surface area (Å²) in [4.78, 5) is 15.9. The molecule has 2 aromatic rings. The van der Waals surface area contributed by atoms with Crippen LogP contribution >= 0.6 is 11.3 Å². The molecule has 1 aromatic heterocycles. The predicted molar refractivity (Wildman–Crippen MR) is 87.8 cm³/mol. The van der Waals surface area contributed by atoms with Crippen LogP contribution in [0.4, 0.5) is 10.5 Å². The maximum absolute atomic E-state index is 12.6. The van der Waals surface area contributed by atoms with E-state index >= 15 is 0 Å². The van der Waals surface area contributed by atoms with E-state index in [0.29, 0.717) is 0 Å². The van der Waals surface area contributed by atoms with Crippen LogP contribution in [0.25, 0.3) is 0 Å². The zero-order valence-electron chi connectivity index (χ0n) is 12.2. The summed E-state index contributed by atoms with van der Waals surface area (Å²) in [6.45, 7) is 2.94. The van der Waals surface area contributed by atoms with Gasteiger partial charge in [-0.2, -0.15) is 0 Å². The Hall–Kier alpha value is -1.81. The standard InChI is InChI=1S/C17H20N2OS/c1-2-13-7-3-4-8-14(13)18-17(20)19-11-5-9-15(19)16-10-6-12-21-16/h3-4,6-8,10,12,15H,2,5,9,11H2,1H3,(H,18,20)/t15-/m0/s1. The van der Waals surface area contributed by atoms with Gasteiger partial charge in [-0.1, -0.05) is 31.2 Å². The van der Waals surface area contributed by atoms with Crippen molar-refractivity contribution in [3.63, 3.8) is 0 Å². The summed E-state index contributed by atoms with van der Waals surface area (Å²) in [5.41, 5.74) is 2.11. The van der Waals surface area contributed by atoms with Crippen molar-refractivity contribution in [2.24, 2.45) is 0 Å². The molecule has 3 rings (SSSR count). The number of nitrogens with one attached hydrogen (secondary N) is 1. The zero-order valence-corrected chi connectivity index (χ0v) is 13.0. The molecule has 2 amide bonds. The molecule has 0 unspecified atom stereocenters. The number of aryl methyl sites for hydroxylation is 1. The van der Waals surface area contributed by atoms with Gasteiger partial charge >= 0.3 is 6.03 Å². The van der Waals surface area contributed by atoms with Crippen LogP contribution < -0.4 is 5.32 Å². The number of nitrogens with zero attached hydrogens (tertiary/aromatic N) is 1. The number of para-hydroxylation sites is 1.